The van der Waals surface area contributed by atoms with Crippen molar-refractivity contribution in [2.24, 2.45) is 0 Å². The molecule has 0 saturated heterocycles. The molecule has 0 aromatic carbocycles. The summed E-state index contributed by atoms with van der Waals surface area (Å²) in [6.45, 7) is -0.0648. The Labute approximate surface area is 101 Å². The maximum absolute atomic E-state index is 11.6. The van der Waals surface area contributed by atoms with Gasteiger partial charge in [-0.2, -0.15) is 0 Å². The standard InChI is InChI=1S/C11H10N2O5/c1-17-9-2-3-10(14)13(12-9)6-8-7(11(15)16)4-5-18-8/h2-5H,6H2,1H3,(H,15,16). The van der Waals surface area contributed by atoms with E-state index in [9.17, 15) is 9.59 Å². The van der Waals surface area contributed by atoms with E-state index in [0.717, 1.165) is 4.68 Å². The molecule has 0 spiro atoms. The molecular weight excluding hydrogens is 240 g/mol. The van der Waals surface area contributed by atoms with Crippen LogP contribution in [0.5, 0.6) is 5.88 Å². The lowest BCUT2D eigenvalue weighted by molar-refractivity contribution is 0.0694. The minimum absolute atomic E-state index is 0.00604. The van der Waals surface area contributed by atoms with E-state index in [4.69, 9.17) is 14.3 Å². The predicted octanol–water partition coefficient (Wildman–Crippen LogP) is 0.591. The first-order valence-corrected chi connectivity index (χ1v) is 5.03. The summed E-state index contributed by atoms with van der Waals surface area (Å²) >= 11 is 0. The third-order valence-corrected chi connectivity index (χ3v) is 2.32. The van der Waals surface area contributed by atoms with E-state index in [1.807, 2.05) is 0 Å². The Hall–Kier alpha value is -2.57. The first kappa shape index (κ1) is 11.9. The molecule has 2 heterocycles. The summed E-state index contributed by atoms with van der Waals surface area (Å²) in [6.07, 6.45) is 1.25. The van der Waals surface area contributed by atoms with E-state index in [1.54, 1.807) is 0 Å². The quantitative estimate of drug-likeness (QED) is 0.853. The number of ether oxygens (including phenoxy) is 1. The van der Waals surface area contributed by atoms with Crippen molar-refractivity contribution < 1.29 is 19.1 Å². The molecule has 0 radical (unpaired) electrons. The highest BCUT2D eigenvalue weighted by Crippen LogP contribution is 2.11. The molecule has 7 nitrogen and oxygen atoms in total. The minimum atomic E-state index is -1.12. The van der Waals surface area contributed by atoms with Gasteiger partial charge in [0.25, 0.3) is 5.56 Å². The number of carboxylic acid groups (broad SMARTS) is 1. The van der Waals surface area contributed by atoms with Gasteiger partial charge < -0.3 is 14.3 Å². The SMILES string of the molecule is COc1ccc(=O)n(Cc2occc2C(=O)O)n1. The third kappa shape index (κ3) is 2.24. The van der Waals surface area contributed by atoms with Crippen LogP contribution in [-0.4, -0.2) is 28.0 Å². The van der Waals surface area contributed by atoms with Crippen LogP contribution in [0.15, 0.2) is 33.7 Å². The highest BCUT2D eigenvalue weighted by Gasteiger charge is 2.14. The van der Waals surface area contributed by atoms with Gasteiger partial charge >= 0.3 is 5.97 Å². The van der Waals surface area contributed by atoms with Crippen molar-refractivity contribution in [1.29, 1.82) is 0 Å². The van der Waals surface area contributed by atoms with Crippen LogP contribution in [-0.2, 0) is 6.54 Å². The van der Waals surface area contributed by atoms with Crippen molar-refractivity contribution in [1.82, 2.24) is 9.78 Å². The summed E-state index contributed by atoms with van der Waals surface area (Å²) in [5.41, 5.74) is -0.366. The fourth-order valence-electron chi connectivity index (χ4n) is 1.44. The number of carbonyl (C=O) groups is 1. The van der Waals surface area contributed by atoms with Crippen molar-refractivity contribution in [2.45, 2.75) is 6.54 Å². The molecular formula is C11H10N2O5. The van der Waals surface area contributed by atoms with E-state index in [0.29, 0.717) is 0 Å². The van der Waals surface area contributed by atoms with Gasteiger partial charge in [-0.1, -0.05) is 0 Å². The predicted molar refractivity (Wildman–Crippen MR) is 59.8 cm³/mol. The van der Waals surface area contributed by atoms with Gasteiger partial charge in [-0.3, -0.25) is 4.79 Å². The van der Waals surface area contributed by atoms with Crippen LogP contribution in [0.4, 0.5) is 0 Å². The minimum Gasteiger partial charge on any atom is -0.480 e. The average Bonchev–Trinajstić information content (AvgIpc) is 2.80. The van der Waals surface area contributed by atoms with Gasteiger partial charge in [0.1, 0.15) is 17.9 Å². The van der Waals surface area contributed by atoms with E-state index < -0.39 is 5.97 Å². The Balaban J connectivity index is 2.36. The monoisotopic (exact) mass is 250 g/mol. The van der Waals surface area contributed by atoms with E-state index >= 15 is 0 Å². The summed E-state index contributed by atoms with van der Waals surface area (Å²) in [7, 11) is 1.42. The summed E-state index contributed by atoms with van der Waals surface area (Å²) in [4.78, 5) is 22.4. The Morgan fingerprint density at radius 3 is 2.94 bits per heavy atom. The smallest absolute Gasteiger partial charge is 0.339 e. The average molecular weight is 250 g/mol. The number of hydrogen-bond donors (Lipinski definition) is 1. The third-order valence-electron chi connectivity index (χ3n) is 2.32. The Morgan fingerprint density at radius 2 is 2.28 bits per heavy atom. The number of nitrogens with zero attached hydrogens (tertiary/aromatic N) is 2. The molecule has 2 aromatic rings. The van der Waals surface area contributed by atoms with Crippen molar-refractivity contribution >= 4 is 5.97 Å². The fourth-order valence-corrected chi connectivity index (χ4v) is 1.44. The summed E-state index contributed by atoms with van der Waals surface area (Å²) in [5, 5.41) is 12.8. The van der Waals surface area contributed by atoms with Crippen LogP contribution in [0, 0.1) is 0 Å². The number of carboxylic acids is 1. The Kier molecular flexibility index (Phi) is 3.13. The van der Waals surface area contributed by atoms with Crippen LogP contribution in [0.2, 0.25) is 0 Å². The molecule has 0 atom stereocenters. The molecule has 2 aromatic heterocycles. The molecule has 0 fully saturated rings. The molecule has 0 saturated carbocycles. The van der Waals surface area contributed by atoms with E-state index in [1.165, 1.54) is 31.6 Å². The first-order chi connectivity index (χ1) is 8.61. The maximum Gasteiger partial charge on any atom is 0.339 e. The summed E-state index contributed by atoms with van der Waals surface area (Å²) in [6, 6.07) is 4.04. The molecule has 0 aliphatic rings. The zero-order chi connectivity index (χ0) is 13.1. The zero-order valence-corrected chi connectivity index (χ0v) is 9.49. The molecule has 0 aliphatic heterocycles. The Bertz CT molecular complexity index is 628. The van der Waals surface area contributed by atoms with Crippen molar-refractivity contribution in [3.8, 4) is 5.88 Å². The van der Waals surface area contributed by atoms with Gasteiger partial charge in [0.05, 0.1) is 13.4 Å². The second-order valence-corrected chi connectivity index (χ2v) is 3.43. The van der Waals surface area contributed by atoms with Crippen LogP contribution >= 0.6 is 0 Å². The van der Waals surface area contributed by atoms with Crippen LogP contribution in [0.3, 0.4) is 0 Å². The largest absolute Gasteiger partial charge is 0.480 e. The molecule has 18 heavy (non-hydrogen) atoms. The molecule has 94 valence electrons. The number of rotatable bonds is 4. The number of furan rings is 1. The normalized spacial score (nSPS) is 10.3. The van der Waals surface area contributed by atoms with Crippen LogP contribution in [0.1, 0.15) is 16.1 Å². The van der Waals surface area contributed by atoms with Gasteiger partial charge in [0.15, 0.2) is 0 Å². The fraction of sp³-hybridized carbons (Fsp3) is 0.182. The molecule has 1 N–H and O–H groups in total. The molecule has 0 bridgehead atoms. The van der Waals surface area contributed by atoms with Gasteiger partial charge in [0, 0.05) is 12.1 Å². The molecule has 0 amide bonds. The molecule has 0 aliphatic carbocycles. The van der Waals surface area contributed by atoms with E-state index in [-0.39, 0.29) is 29.3 Å². The number of methoxy groups -OCH3 is 1. The van der Waals surface area contributed by atoms with Crippen LogP contribution in [0.25, 0.3) is 0 Å². The topological polar surface area (TPSA) is 94.6 Å². The molecule has 7 heteroatoms. The molecule has 0 unspecified atom stereocenters. The highest BCUT2D eigenvalue weighted by atomic mass is 16.5. The molecule has 2 rings (SSSR count). The van der Waals surface area contributed by atoms with Crippen molar-refractivity contribution in [2.75, 3.05) is 7.11 Å². The van der Waals surface area contributed by atoms with Crippen molar-refractivity contribution in [3.05, 3.63) is 46.1 Å². The summed E-state index contributed by atoms with van der Waals surface area (Å²) in [5.74, 6) is -0.696. The van der Waals surface area contributed by atoms with Gasteiger partial charge in [-0.15, -0.1) is 5.10 Å². The summed E-state index contributed by atoms with van der Waals surface area (Å²) < 4.78 is 11.0. The lowest BCUT2D eigenvalue weighted by atomic mass is 10.2. The van der Waals surface area contributed by atoms with Crippen molar-refractivity contribution in [3.63, 3.8) is 0 Å². The number of aromatic nitrogens is 2. The lowest BCUT2D eigenvalue weighted by Crippen LogP contribution is -2.23. The number of aromatic carboxylic acids is 1. The van der Waals surface area contributed by atoms with Gasteiger partial charge in [-0.25, -0.2) is 9.48 Å². The lowest BCUT2D eigenvalue weighted by Gasteiger charge is -2.04. The van der Waals surface area contributed by atoms with Gasteiger partial charge in [-0.05, 0) is 6.07 Å². The Morgan fingerprint density at radius 1 is 1.50 bits per heavy atom. The number of hydrogen-bond acceptors (Lipinski definition) is 5. The first-order valence-electron chi connectivity index (χ1n) is 5.03. The van der Waals surface area contributed by atoms with Crippen LogP contribution < -0.4 is 10.3 Å². The second-order valence-electron chi connectivity index (χ2n) is 3.43. The van der Waals surface area contributed by atoms with Gasteiger partial charge in [0.2, 0.25) is 5.88 Å². The maximum atomic E-state index is 11.6. The second kappa shape index (κ2) is 4.74. The highest BCUT2D eigenvalue weighted by molar-refractivity contribution is 5.88. The zero-order valence-electron chi connectivity index (χ0n) is 9.49. The van der Waals surface area contributed by atoms with E-state index in [2.05, 4.69) is 5.10 Å².